The quantitative estimate of drug-likeness (QED) is 0.291. The van der Waals surface area contributed by atoms with Gasteiger partial charge in [0.05, 0.1) is 18.7 Å². The van der Waals surface area contributed by atoms with E-state index in [1.807, 2.05) is 6.92 Å². The predicted molar refractivity (Wildman–Crippen MR) is 75.3 cm³/mol. The van der Waals surface area contributed by atoms with Crippen molar-refractivity contribution in [1.82, 2.24) is 10.7 Å². The van der Waals surface area contributed by atoms with Crippen molar-refractivity contribution in [3.63, 3.8) is 0 Å². The van der Waals surface area contributed by atoms with Gasteiger partial charge in [0.1, 0.15) is 0 Å². The standard InChI is InChI=1S/C13H28N4O/c1-4-18-9-12(10(2)3)16-13(17-14)15-11-7-5-6-8-11/h10-12H,4-9,14H2,1-3H3,(H2,15,16,17). The Morgan fingerprint density at radius 3 is 2.56 bits per heavy atom. The monoisotopic (exact) mass is 256 g/mol. The van der Waals surface area contributed by atoms with Crippen molar-refractivity contribution in [3.8, 4) is 0 Å². The first-order chi connectivity index (χ1) is 8.67. The molecule has 106 valence electrons. The fourth-order valence-electron chi connectivity index (χ4n) is 2.15. The minimum atomic E-state index is 0.237. The lowest BCUT2D eigenvalue weighted by atomic mass is 10.1. The first-order valence-corrected chi connectivity index (χ1v) is 7.06. The highest BCUT2D eigenvalue weighted by atomic mass is 16.5. The summed E-state index contributed by atoms with van der Waals surface area (Å²) in [5.74, 6) is 6.71. The smallest absolute Gasteiger partial charge is 0.206 e. The van der Waals surface area contributed by atoms with Gasteiger partial charge in [0.2, 0.25) is 5.96 Å². The van der Waals surface area contributed by atoms with E-state index in [4.69, 9.17) is 10.6 Å². The zero-order valence-electron chi connectivity index (χ0n) is 11.9. The van der Waals surface area contributed by atoms with E-state index in [2.05, 4.69) is 29.6 Å². The summed E-state index contributed by atoms with van der Waals surface area (Å²) >= 11 is 0. The second-order valence-electron chi connectivity index (χ2n) is 5.21. The maximum atomic E-state index is 5.54. The number of nitrogens with one attached hydrogen (secondary N) is 2. The molecule has 1 aliphatic rings. The Morgan fingerprint density at radius 2 is 2.06 bits per heavy atom. The van der Waals surface area contributed by atoms with Crippen molar-refractivity contribution in [2.45, 2.75) is 58.5 Å². The van der Waals surface area contributed by atoms with Crippen molar-refractivity contribution >= 4 is 5.96 Å². The summed E-state index contributed by atoms with van der Waals surface area (Å²) in [6, 6.07) is 0.657. The van der Waals surface area contributed by atoms with Crippen molar-refractivity contribution in [3.05, 3.63) is 0 Å². The molecule has 1 aliphatic carbocycles. The Morgan fingerprint density at radius 1 is 1.39 bits per heavy atom. The first-order valence-electron chi connectivity index (χ1n) is 7.06. The summed E-state index contributed by atoms with van der Waals surface area (Å²) in [5.41, 5.74) is 2.67. The highest BCUT2D eigenvalue weighted by Crippen LogP contribution is 2.20. The normalized spacial score (nSPS) is 19.3. The highest BCUT2D eigenvalue weighted by molar-refractivity contribution is 5.79. The number of nitrogens with zero attached hydrogens (tertiary/aromatic N) is 1. The topological polar surface area (TPSA) is 71.7 Å². The molecule has 0 aromatic rings. The van der Waals surface area contributed by atoms with Crippen LogP contribution in [-0.4, -0.2) is 31.3 Å². The van der Waals surface area contributed by atoms with Gasteiger partial charge < -0.3 is 10.1 Å². The van der Waals surface area contributed by atoms with Crippen LogP contribution < -0.4 is 16.6 Å². The summed E-state index contributed by atoms with van der Waals surface area (Å²) in [5, 5.41) is 3.35. The molecule has 0 aromatic carbocycles. The lowest BCUT2D eigenvalue weighted by Crippen LogP contribution is -2.50. The number of rotatable bonds is 6. The van der Waals surface area contributed by atoms with Gasteiger partial charge in [-0.15, -0.1) is 0 Å². The van der Waals surface area contributed by atoms with Gasteiger partial charge in [-0.3, -0.25) is 5.43 Å². The summed E-state index contributed by atoms with van der Waals surface area (Å²) in [6.07, 6.45) is 4.90. The molecule has 0 saturated heterocycles. The molecule has 0 bridgehead atoms. The van der Waals surface area contributed by atoms with E-state index in [1.54, 1.807) is 0 Å². The summed E-state index contributed by atoms with van der Waals surface area (Å²) in [4.78, 5) is 4.64. The second-order valence-corrected chi connectivity index (χ2v) is 5.21. The van der Waals surface area contributed by atoms with Gasteiger partial charge in [-0.05, 0) is 25.7 Å². The van der Waals surface area contributed by atoms with E-state index in [9.17, 15) is 0 Å². The molecule has 5 nitrogen and oxygen atoms in total. The second kappa shape index (κ2) is 8.32. The van der Waals surface area contributed by atoms with Crippen LogP contribution in [0.5, 0.6) is 0 Å². The van der Waals surface area contributed by atoms with Crippen LogP contribution in [0.3, 0.4) is 0 Å². The van der Waals surface area contributed by atoms with E-state index >= 15 is 0 Å². The Balaban J connectivity index is 2.51. The molecule has 18 heavy (non-hydrogen) atoms. The number of guanidine groups is 1. The number of nitrogens with two attached hydrogens (primary N) is 1. The van der Waals surface area contributed by atoms with Gasteiger partial charge in [0.15, 0.2) is 0 Å². The van der Waals surface area contributed by atoms with Crippen LogP contribution in [0.1, 0.15) is 46.5 Å². The van der Waals surface area contributed by atoms with E-state index in [0.717, 1.165) is 6.61 Å². The molecule has 0 aliphatic heterocycles. The summed E-state index contributed by atoms with van der Waals surface area (Å²) in [7, 11) is 0. The Hall–Kier alpha value is -0.810. The third-order valence-electron chi connectivity index (χ3n) is 3.40. The highest BCUT2D eigenvalue weighted by Gasteiger charge is 2.18. The van der Waals surface area contributed by atoms with Gasteiger partial charge in [-0.2, -0.15) is 0 Å². The molecule has 1 atom stereocenters. The molecule has 1 saturated carbocycles. The van der Waals surface area contributed by atoms with Crippen LogP contribution in [0.15, 0.2) is 4.99 Å². The van der Waals surface area contributed by atoms with Crippen LogP contribution in [-0.2, 0) is 4.74 Å². The van der Waals surface area contributed by atoms with Gasteiger partial charge in [-0.25, -0.2) is 10.8 Å². The van der Waals surface area contributed by atoms with Gasteiger partial charge >= 0.3 is 0 Å². The minimum absolute atomic E-state index is 0.237. The molecule has 5 heteroatoms. The predicted octanol–water partition coefficient (Wildman–Crippen LogP) is 1.40. The molecular weight excluding hydrogens is 228 g/mol. The molecule has 0 spiro atoms. The fourth-order valence-corrected chi connectivity index (χ4v) is 2.15. The minimum Gasteiger partial charge on any atom is -0.380 e. The Kier molecular flexibility index (Phi) is 7.05. The third kappa shape index (κ3) is 5.23. The average Bonchev–Trinajstić information content (AvgIpc) is 2.85. The lowest BCUT2D eigenvalue weighted by molar-refractivity contribution is 0.114. The largest absolute Gasteiger partial charge is 0.380 e. The number of hydrogen-bond donors (Lipinski definition) is 3. The maximum absolute atomic E-state index is 5.54. The molecule has 0 radical (unpaired) electrons. The number of ether oxygens (including phenoxy) is 1. The van der Waals surface area contributed by atoms with Crippen molar-refractivity contribution in [2.75, 3.05) is 13.2 Å². The molecule has 0 aromatic heterocycles. The van der Waals surface area contributed by atoms with Crippen molar-refractivity contribution in [1.29, 1.82) is 0 Å². The van der Waals surface area contributed by atoms with E-state index in [-0.39, 0.29) is 6.04 Å². The zero-order chi connectivity index (χ0) is 13.4. The van der Waals surface area contributed by atoms with Gasteiger partial charge in [0, 0.05) is 6.61 Å². The number of aliphatic imine (C=N–C) groups is 1. The molecule has 1 rings (SSSR count). The van der Waals surface area contributed by atoms with Crippen LogP contribution in [0.4, 0.5) is 0 Å². The molecule has 1 unspecified atom stereocenters. The fraction of sp³-hybridized carbons (Fsp3) is 0.923. The third-order valence-corrected chi connectivity index (χ3v) is 3.40. The molecular formula is C13H28N4O. The van der Waals surface area contributed by atoms with E-state index in [0.29, 0.717) is 24.5 Å². The Bertz CT molecular complexity index is 249. The zero-order valence-corrected chi connectivity index (χ0v) is 11.9. The van der Waals surface area contributed by atoms with Gasteiger partial charge in [-0.1, -0.05) is 26.7 Å². The van der Waals surface area contributed by atoms with Crippen molar-refractivity contribution < 1.29 is 4.74 Å². The van der Waals surface area contributed by atoms with Crippen LogP contribution in [0.2, 0.25) is 0 Å². The lowest BCUT2D eigenvalue weighted by Gasteiger charge is -2.24. The average molecular weight is 256 g/mol. The molecule has 0 heterocycles. The first kappa shape index (κ1) is 15.2. The van der Waals surface area contributed by atoms with E-state index < -0.39 is 0 Å². The maximum Gasteiger partial charge on any atom is 0.206 e. The van der Waals surface area contributed by atoms with Crippen molar-refractivity contribution in [2.24, 2.45) is 16.8 Å². The van der Waals surface area contributed by atoms with Crippen LogP contribution in [0.25, 0.3) is 0 Å². The summed E-state index contributed by atoms with van der Waals surface area (Å²) in [6.45, 7) is 7.75. The van der Waals surface area contributed by atoms with Crippen LogP contribution >= 0.6 is 0 Å². The number of hydrogen-bond acceptors (Lipinski definition) is 3. The molecule has 0 amide bonds. The van der Waals surface area contributed by atoms with Crippen LogP contribution in [0, 0.1) is 5.92 Å². The molecule has 1 fully saturated rings. The summed E-state index contributed by atoms with van der Waals surface area (Å²) < 4.78 is 5.49. The number of hydrazine groups is 1. The van der Waals surface area contributed by atoms with E-state index in [1.165, 1.54) is 25.7 Å². The Labute approximate surface area is 111 Å². The SMILES string of the molecule is CCOCC(NC(=NC1CCCC1)NN)C(C)C. The van der Waals surface area contributed by atoms with Gasteiger partial charge in [0.25, 0.3) is 0 Å². The molecule has 4 N–H and O–H groups in total.